The normalized spacial score (nSPS) is 10.5. The highest BCUT2D eigenvalue weighted by atomic mass is 32.1. The van der Waals surface area contributed by atoms with Gasteiger partial charge in [-0.2, -0.15) is 0 Å². The molecule has 0 spiro atoms. The summed E-state index contributed by atoms with van der Waals surface area (Å²) >= 11 is 1.52. The zero-order valence-corrected chi connectivity index (χ0v) is 10.6. The molecule has 2 aromatic rings. The van der Waals surface area contributed by atoms with E-state index in [1.807, 2.05) is 5.38 Å². The van der Waals surface area contributed by atoms with Crippen LogP contribution in [-0.4, -0.2) is 27.4 Å². The maximum atomic E-state index is 12.1. The van der Waals surface area contributed by atoms with E-state index in [-0.39, 0.29) is 5.91 Å². The summed E-state index contributed by atoms with van der Waals surface area (Å²) in [7, 11) is 3.56. The van der Waals surface area contributed by atoms with Crippen molar-refractivity contribution in [3.05, 3.63) is 34.5 Å². The molecule has 2 aromatic heterocycles. The minimum Gasteiger partial charge on any atom is -0.397 e. The predicted octanol–water partition coefficient (Wildman–Crippen LogP) is 1.34. The molecule has 0 unspecified atom stereocenters. The van der Waals surface area contributed by atoms with Gasteiger partial charge in [-0.15, -0.1) is 11.3 Å². The lowest BCUT2D eigenvalue weighted by molar-refractivity contribution is 0.0774. The van der Waals surface area contributed by atoms with Crippen LogP contribution in [0, 0.1) is 0 Å². The molecule has 0 saturated heterocycles. The topological polar surface area (TPSA) is 64.2 Å². The van der Waals surface area contributed by atoms with Crippen LogP contribution >= 0.6 is 11.3 Å². The molecule has 90 valence electrons. The first-order valence-electron chi connectivity index (χ1n) is 5.12. The number of anilines is 1. The summed E-state index contributed by atoms with van der Waals surface area (Å²) in [6.45, 7) is 0.507. The lowest BCUT2D eigenvalue weighted by atomic mass is 10.3. The first kappa shape index (κ1) is 11.7. The van der Waals surface area contributed by atoms with Crippen molar-refractivity contribution in [2.45, 2.75) is 6.54 Å². The average molecular weight is 250 g/mol. The Morgan fingerprint density at radius 2 is 2.41 bits per heavy atom. The molecule has 0 radical (unpaired) electrons. The summed E-state index contributed by atoms with van der Waals surface area (Å²) < 4.78 is 1.73. The Labute approximate surface area is 103 Å². The Bertz CT molecular complexity index is 518. The zero-order valence-electron chi connectivity index (χ0n) is 9.75. The van der Waals surface area contributed by atoms with Gasteiger partial charge in [0.15, 0.2) is 0 Å². The maximum Gasteiger partial charge on any atom is 0.270 e. The number of rotatable bonds is 3. The number of carbonyl (C=O) groups is 1. The summed E-state index contributed by atoms with van der Waals surface area (Å²) in [6, 6.07) is 1.68. The fraction of sp³-hybridized carbons (Fsp3) is 0.273. The highest BCUT2D eigenvalue weighted by Crippen LogP contribution is 2.12. The van der Waals surface area contributed by atoms with Crippen molar-refractivity contribution in [1.82, 2.24) is 14.5 Å². The van der Waals surface area contributed by atoms with E-state index in [1.54, 1.807) is 41.3 Å². The van der Waals surface area contributed by atoms with Gasteiger partial charge in [0.25, 0.3) is 5.91 Å². The van der Waals surface area contributed by atoms with Crippen molar-refractivity contribution < 1.29 is 4.79 Å². The third-order valence-corrected chi connectivity index (χ3v) is 3.11. The molecule has 0 aliphatic carbocycles. The Morgan fingerprint density at radius 3 is 2.94 bits per heavy atom. The second kappa shape index (κ2) is 4.58. The number of carbonyl (C=O) groups excluding carboxylic acids is 1. The molecule has 0 aliphatic heterocycles. The molecule has 2 N–H and O–H groups in total. The number of amides is 1. The van der Waals surface area contributed by atoms with Gasteiger partial charge < -0.3 is 15.2 Å². The van der Waals surface area contributed by atoms with E-state index in [9.17, 15) is 4.79 Å². The molecular formula is C11H14N4OS. The zero-order chi connectivity index (χ0) is 12.4. The van der Waals surface area contributed by atoms with Crippen LogP contribution in [0.5, 0.6) is 0 Å². The van der Waals surface area contributed by atoms with Gasteiger partial charge in [-0.05, 0) is 6.07 Å². The average Bonchev–Trinajstić information content (AvgIpc) is 2.87. The molecule has 0 bridgehead atoms. The first-order chi connectivity index (χ1) is 8.08. The van der Waals surface area contributed by atoms with Crippen molar-refractivity contribution in [2.75, 3.05) is 12.8 Å². The van der Waals surface area contributed by atoms with E-state index in [1.165, 1.54) is 11.3 Å². The molecule has 1 amide bonds. The smallest absolute Gasteiger partial charge is 0.270 e. The van der Waals surface area contributed by atoms with Crippen molar-refractivity contribution in [3.63, 3.8) is 0 Å². The second-order valence-electron chi connectivity index (χ2n) is 3.91. The molecule has 6 heteroatoms. The van der Waals surface area contributed by atoms with Gasteiger partial charge in [-0.1, -0.05) is 0 Å². The van der Waals surface area contributed by atoms with Gasteiger partial charge in [0, 0.05) is 25.7 Å². The fourth-order valence-electron chi connectivity index (χ4n) is 1.63. The van der Waals surface area contributed by atoms with Gasteiger partial charge >= 0.3 is 0 Å². The minimum absolute atomic E-state index is 0.0581. The van der Waals surface area contributed by atoms with Crippen molar-refractivity contribution in [2.24, 2.45) is 7.05 Å². The van der Waals surface area contributed by atoms with Gasteiger partial charge in [0.1, 0.15) is 5.69 Å². The van der Waals surface area contributed by atoms with Crippen LogP contribution in [0.3, 0.4) is 0 Å². The van der Waals surface area contributed by atoms with E-state index in [4.69, 9.17) is 5.73 Å². The monoisotopic (exact) mass is 250 g/mol. The maximum absolute atomic E-state index is 12.1. The molecule has 0 atom stereocenters. The van der Waals surface area contributed by atoms with Crippen LogP contribution in [0.1, 0.15) is 16.2 Å². The summed E-state index contributed by atoms with van der Waals surface area (Å²) in [6.07, 6.45) is 1.73. The molecule has 2 heterocycles. The molecule has 0 aromatic carbocycles. The molecule has 2 rings (SSSR count). The summed E-state index contributed by atoms with van der Waals surface area (Å²) in [5, 5.41) is 1.93. The summed E-state index contributed by atoms with van der Waals surface area (Å²) in [5.41, 5.74) is 9.48. The van der Waals surface area contributed by atoms with Gasteiger partial charge in [0.05, 0.1) is 23.4 Å². The van der Waals surface area contributed by atoms with Crippen LogP contribution < -0.4 is 5.73 Å². The number of nitrogens with zero attached hydrogens (tertiary/aromatic N) is 3. The largest absolute Gasteiger partial charge is 0.397 e. The van der Waals surface area contributed by atoms with Crippen LogP contribution in [0.25, 0.3) is 0 Å². The Morgan fingerprint density at radius 1 is 1.65 bits per heavy atom. The van der Waals surface area contributed by atoms with E-state index in [2.05, 4.69) is 4.98 Å². The van der Waals surface area contributed by atoms with Crippen LogP contribution in [-0.2, 0) is 13.6 Å². The highest BCUT2D eigenvalue weighted by Gasteiger charge is 2.16. The quantitative estimate of drug-likeness (QED) is 0.894. The summed E-state index contributed by atoms with van der Waals surface area (Å²) in [5.74, 6) is -0.0581. The Kier molecular flexibility index (Phi) is 3.14. The SMILES string of the molecule is CN(Cc1cscn1)C(=O)c1cc(N)cn1C. The number of hydrogen-bond acceptors (Lipinski definition) is 4. The van der Waals surface area contributed by atoms with Crippen LogP contribution in [0.15, 0.2) is 23.2 Å². The second-order valence-corrected chi connectivity index (χ2v) is 4.63. The lowest BCUT2D eigenvalue weighted by Crippen LogP contribution is -2.27. The van der Waals surface area contributed by atoms with E-state index in [0.29, 0.717) is 17.9 Å². The van der Waals surface area contributed by atoms with Crippen LogP contribution in [0.4, 0.5) is 5.69 Å². The lowest BCUT2D eigenvalue weighted by Gasteiger charge is -2.16. The third kappa shape index (κ3) is 2.47. The van der Waals surface area contributed by atoms with E-state index >= 15 is 0 Å². The molecular weight excluding hydrogens is 236 g/mol. The number of thiazole rings is 1. The van der Waals surface area contributed by atoms with Gasteiger partial charge in [0.2, 0.25) is 0 Å². The Hall–Kier alpha value is -1.82. The number of nitrogen functional groups attached to an aromatic ring is 1. The standard InChI is InChI=1S/C11H14N4OS/c1-14-4-8(12)3-10(14)11(16)15(2)5-9-6-17-7-13-9/h3-4,6-7H,5,12H2,1-2H3. The number of aryl methyl sites for hydroxylation is 1. The minimum atomic E-state index is -0.0581. The summed E-state index contributed by atoms with van der Waals surface area (Å²) in [4.78, 5) is 17.9. The fourth-order valence-corrected chi connectivity index (χ4v) is 2.18. The molecule has 5 nitrogen and oxygen atoms in total. The molecule has 0 aliphatic rings. The molecule has 0 saturated carbocycles. The predicted molar refractivity (Wildman–Crippen MR) is 67.7 cm³/mol. The Balaban J connectivity index is 2.12. The molecule has 0 fully saturated rings. The van der Waals surface area contributed by atoms with E-state index < -0.39 is 0 Å². The van der Waals surface area contributed by atoms with E-state index in [0.717, 1.165) is 5.69 Å². The van der Waals surface area contributed by atoms with Gasteiger partial charge in [-0.3, -0.25) is 4.79 Å². The van der Waals surface area contributed by atoms with Gasteiger partial charge in [-0.25, -0.2) is 4.98 Å². The molecule has 17 heavy (non-hydrogen) atoms. The van der Waals surface area contributed by atoms with Crippen molar-refractivity contribution >= 4 is 22.9 Å². The number of hydrogen-bond donors (Lipinski definition) is 1. The third-order valence-electron chi connectivity index (χ3n) is 2.47. The van der Waals surface area contributed by atoms with Crippen molar-refractivity contribution in [1.29, 1.82) is 0 Å². The van der Waals surface area contributed by atoms with Crippen molar-refractivity contribution in [3.8, 4) is 0 Å². The number of nitrogens with two attached hydrogens (primary N) is 1. The highest BCUT2D eigenvalue weighted by molar-refractivity contribution is 7.07. The first-order valence-corrected chi connectivity index (χ1v) is 6.06. The number of aromatic nitrogens is 2. The van der Waals surface area contributed by atoms with Crippen LogP contribution in [0.2, 0.25) is 0 Å².